The minimum Gasteiger partial charge on any atom is -0.489 e. The van der Waals surface area contributed by atoms with Crippen molar-refractivity contribution in [3.05, 3.63) is 65.7 Å². The lowest BCUT2D eigenvalue weighted by Gasteiger charge is -2.14. The van der Waals surface area contributed by atoms with Crippen LogP contribution in [0, 0.1) is 5.92 Å². The SMILES string of the molecule is CCOC(=O)C(Cc1ccc(OCc2ccccc2)cc1)C(=O)OCC. The third kappa shape index (κ3) is 5.92. The van der Waals surface area contributed by atoms with Gasteiger partial charge in [-0.2, -0.15) is 0 Å². The number of hydrogen-bond acceptors (Lipinski definition) is 5. The van der Waals surface area contributed by atoms with E-state index in [2.05, 4.69) is 0 Å². The molecule has 2 aromatic carbocycles. The van der Waals surface area contributed by atoms with Gasteiger partial charge in [-0.1, -0.05) is 42.5 Å². The van der Waals surface area contributed by atoms with E-state index in [0.717, 1.165) is 16.9 Å². The van der Waals surface area contributed by atoms with E-state index in [1.807, 2.05) is 54.6 Å². The van der Waals surface area contributed by atoms with Crippen LogP contribution in [0.25, 0.3) is 0 Å². The maximum atomic E-state index is 12.0. The molecule has 0 saturated heterocycles. The summed E-state index contributed by atoms with van der Waals surface area (Å²) in [7, 11) is 0. The molecule has 5 heteroatoms. The zero-order valence-corrected chi connectivity index (χ0v) is 15.1. The lowest BCUT2D eigenvalue weighted by atomic mass is 9.99. The van der Waals surface area contributed by atoms with E-state index in [0.29, 0.717) is 6.61 Å². The van der Waals surface area contributed by atoms with Crippen molar-refractivity contribution in [1.82, 2.24) is 0 Å². The number of carbonyl (C=O) groups is 2. The first-order valence-corrected chi connectivity index (χ1v) is 8.73. The highest BCUT2D eigenvalue weighted by Gasteiger charge is 2.29. The Hall–Kier alpha value is -2.82. The molecular weight excluding hydrogens is 332 g/mol. The van der Waals surface area contributed by atoms with Crippen LogP contribution in [0.4, 0.5) is 0 Å². The van der Waals surface area contributed by atoms with Crippen molar-refractivity contribution in [1.29, 1.82) is 0 Å². The quantitative estimate of drug-likeness (QED) is 0.508. The Kier molecular flexibility index (Phi) is 7.68. The predicted octanol–water partition coefficient (Wildman–Crippen LogP) is 3.55. The lowest BCUT2D eigenvalue weighted by molar-refractivity contribution is -0.161. The molecule has 0 heterocycles. The Morgan fingerprint density at radius 1 is 0.808 bits per heavy atom. The topological polar surface area (TPSA) is 61.8 Å². The van der Waals surface area contributed by atoms with Crippen LogP contribution in [0.5, 0.6) is 5.75 Å². The summed E-state index contributed by atoms with van der Waals surface area (Å²) in [5, 5.41) is 0. The fraction of sp³-hybridized carbons (Fsp3) is 0.333. The van der Waals surface area contributed by atoms with Gasteiger partial charge in [0.15, 0.2) is 5.92 Å². The first-order chi connectivity index (χ1) is 12.6. The first kappa shape index (κ1) is 19.5. The van der Waals surface area contributed by atoms with Gasteiger partial charge in [-0.15, -0.1) is 0 Å². The molecule has 0 aliphatic rings. The van der Waals surface area contributed by atoms with Crippen molar-refractivity contribution in [3.8, 4) is 5.75 Å². The van der Waals surface area contributed by atoms with Crippen LogP contribution in [0.2, 0.25) is 0 Å². The molecule has 0 fully saturated rings. The van der Waals surface area contributed by atoms with Gasteiger partial charge in [0.2, 0.25) is 0 Å². The second-order valence-electron chi connectivity index (χ2n) is 5.68. The molecular formula is C21H24O5. The molecule has 0 N–H and O–H groups in total. The summed E-state index contributed by atoms with van der Waals surface area (Å²) in [4.78, 5) is 24.1. The van der Waals surface area contributed by atoms with Crippen LogP contribution < -0.4 is 4.74 Å². The molecule has 0 aliphatic heterocycles. The van der Waals surface area contributed by atoms with Gasteiger partial charge in [-0.25, -0.2) is 0 Å². The first-order valence-electron chi connectivity index (χ1n) is 8.73. The number of ether oxygens (including phenoxy) is 3. The molecule has 0 spiro atoms. The number of benzene rings is 2. The summed E-state index contributed by atoms with van der Waals surface area (Å²) in [6, 6.07) is 17.2. The van der Waals surface area contributed by atoms with Crippen LogP contribution in [0.15, 0.2) is 54.6 Å². The minimum atomic E-state index is -0.953. The van der Waals surface area contributed by atoms with Crippen LogP contribution in [0.3, 0.4) is 0 Å². The van der Waals surface area contributed by atoms with Gasteiger partial charge in [-0.05, 0) is 43.5 Å². The van der Waals surface area contributed by atoms with Crippen LogP contribution in [0.1, 0.15) is 25.0 Å². The molecule has 138 valence electrons. The molecule has 5 nitrogen and oxygen atoms in total. The zero-order valence-electron chi connectivity index (χ0n) is 15.1. The highest BCUT2D eigenvalue weighted by atomic mass is 16.6. The fourth-order valence-corrected chi connectivity index (χ4v) is 2.45. The van der Waals surface area contributed by atoms with Gasteiger partial charge in [0.05, 0.1) is 13.2 Å². The van der Waals surface area contributed by atoms with Crippen LogP contribution >= 0.6 is 0 Å². The van der Waals surface area contributed by atoms with E-state index in [1.165, 1.54) is 0 Å². The van der Waals surface area contributed by atoms with Gasteiger partial charge in [0.25, 0.3) is 0 Å². The van der Waals surface area contributed by atoms with Crippen molar-refractivity contribution in [2.45, 2.75) is 26.9 Å². The standard InChI is InChI=1S/C21H24O5/c1-3-24-20(22)19(21(23)25-4-2)14-16-10-12-18(13-11-16)26-15-17-8-6-5-7-9-17/h5-13,19H,3-4,14-15H2,1-2H3. The van der Waals surface area contributed by atoms with Crippen molar-refractivity contribution in [2.24, 2.45) is 5.92 Å². The predicted molar refractivity (Wildman–Crippen MR) is 97.7 cm³/mol. The Bertz CT molecular complexity index is 676. The number of carbonyl (C=O) groups excluding carboxylic acids is 2. The monoisotopic (exact) mass is 356 g/mol. The maximum absolute atomic E-state index is 12.0. The average Bonchev–Trinajstić information content (AvgIpc) is 2.66. The van der Waals surface area contributed by atoms with Crippen molar-refractivity contribution in [2.75, 3.05) is 13.2 Å². The molecule has 2 rings (SSSR count). The van der Waals surface area contributed by atoms with Gasteiger partial charge in [-0.3, -0.25) is 9.59 Å². The van der Waals surface area contributed by atoms with Gasteiger partial charge in [0, 0.05) is 0 Å². The highest BCUT2D eigenvalue weighted by molar-refractivity contribution is 5.95. The zero-order chi connectivity index (χ0) is 18.8. The van der Waals surface area contributed by atoms with E-state index in [4.69, 9.17) is 14.2 Å². The summed E-state index contributed by atoms with van der Waals surface area (Å²) in [6.45, 7) is 4.34. The fourth-order valence-electron chi connectivity index (χ4n) is 2.45. The molecule has 0 aliphatic carbocycles. The van der Waals surface area contributed by atoms with E-state index in [-0.39, 0.29) is 19.6 Å². The molecule has 0 radical (unpaired) electrons. The average molecular weight is 356 g/mol. The molecule has 0 atom stereocenters. The van der Waals surface area contributed by atoms with Gasteiger partial charge >= 0.3 is 11.9 Å². The Morgan fingerprint density at radius 2 is 1.38 bits per heavy atom. The van der Waals surface area contributed by atoms with E-state index >= 15 is 0 Å². The molecule has 2 aromatic rings. The Labute approximate surface area is 153 Å². The molecule has 0 unspecified atom stereocenters. The summed E-state index contributed by atoms with van der Waals surface area (Å²) in [5.74, 6) is -1.35. The van der Waals surface area contributed by atoms with Crippen LogP contribution in [-0.4, -0.2) is 25.2 Å². The molecule has 0 amide bonds. The van der Waals surface area contributed by atoms with Crippen molar-refractivity contribution < 1.29 is 23.8 Å². The summed E-state index contributed by atoms with van der Waals surface area (Å²) in [6.07, 6.45) is 0.233. The van der Waals surface area contributed by atoms with Crippen molar-refractivity contribution in [3.63, 3.8) is 0 Å². The second-order valence-corrected chi connectivity index (χ2v) is 5.68. The smallest absolute Gasteiger partial charge is 0.320 e. The molecule has 0 saturated carbocycles. The molecule has 0 bridgehead atoms. The minimum absolute atomic E-state index is 0.223. The number of hydrogen-bond donors (Lipinski definition) is 0. The summed E-state index contributed by atoms with van der Waals surface area (Å²) in [5.41, 5.74) is 1.92. The Balaban J connectivity index is 1.98. The number of rotatable bonds is 9. The van der Waals surface area contributed by atoms with E-state index in [1.54, 1.807) is 13.8 Å². The van der Waals surface area contributed by atoms with Gasteiger partial charge < -0.3 is 14.2 Å². The van der Waals surface area contributed by atoms with E-state index < -0.39 is 17.9 Å². The third-order valence-corrected chi connectivity index (χ3v) is 3.75. The third-order valence-electron chi connectivity index (χ3n) is 3.75. The molecule has 0 aromatic heterocycles. The lowest BCUT2D eigenvalue weighted by Crippen LogP contribution is -2.30. The van der Waals surface area contributed by atoms with Gasteiger partial charge in [0.1, 0.15) is 12.4 Å². The summed E-state index contributed by atoms with van der Waals surface area (Å²) < 4.78 is 15.7. The summed E-state index contributed by atoms with van der Waals surface area (Å²) >= 11 is 0. The highest BCUT2D eigenvalue weighted by Crippen LogP contribution is 2.18. The largest absolute Gasteiger partial charge is 0.489 e. The Morgan fingerprint density at radius 3 is 1.92 bits per heavy atom. The van der Waals surface area contributed by atoms with E-state index in [9.17, 15) is 9.59 Å². The van der Waals surface area contributed by atoms with Crippen molar-refractivity contribution >= 4 is 11.9 Å². The number of esters is 2. The normalized spacial score (nSPS) is 10.4. The maximum Gasteiger partial charge on any atom is 0.320 e. The van der Waals surface area contributed by atoms with Crippen LogP contribution in [-0.2, 0) is 32.1 Å². The second kappa shape index (κ2) is 10.2. The molecule has 26 heavy (non-hydrogen) atoms.